The predicted molar refractivity (Wildman–Crippen MR) is 41.1 cm³/mol. The Kier molecular flexibility index (Phi) is 2.49. The quantitative estimate of drug-likeness (QED) is 0.573. The third-order valence-electron chi connectivity index (χ3n) is 1.95. The summed E-state index contributed by atoms with van der Waals surface area (Å²) in [4.78, 5) is 11.0. The molecule has 0 aromatic rings. The first-order valence-electron chi connectivity index (χ1n) is 3.85. The fourth-order valence-corrected chi connectivity index (χ4v) is 1.15. The maximum atomic E-state index is 11.0. The lowest BCUT2D eigenvalue weighted by Crippen LogP contribution is -2.15. The van der Waals surface area contributed by atoms with Gasteiger partial charge in [-0.3, -0.25) is 0 Å². The van der Waals surface area contributed by atoms with E-state index in [4.69, 9.17) is 5.11 Å². The van der Waals surface area contributed by atoms with Crippen LogP contribution in [0.25, 0.3) is 0 Å². The molecule has 1 unspecified atom stereocenters. The molecule has 12 heavy (non-hydrogen) atoms. The molecule has 0 bridgehead atoms. The first-order chi connectivity index (χ1) is 5.57. The lowest BCUT2D eigenvalue weighted by atomic mass is 10.0. The Hall–Kier alpha value is -0.870. The van der Waals surface area contributed by atoms with Gasteiger partial charge < -0.3 is 14.9 Å². The van der Waals surface area contributed by atoms with Crippen molar-refractivity contribution in [2.45, 2.75) is 32.7 Å². The summed E-state index contributed by atoms with van der Waals surface area (Å²) in [6.45, 7) is 3.33. The number of aliphatic hydroxyl groups is 2. The smallest absolute Gasteiger partial charge is 0.339 e. The molecule has 1 rings (SSSR count). The van der Waals surface area contributed by atoms with Crippen molar-refractivity contribution < 1.29 is 19.7 Å². The number of esters is 1. The van der Waals surface area contributed by atoms with Gasteiger partial charge in [-0.1, -0.05) is 6.92 Å². The highest BCUT2D eigenvalue weighted by Gasteiger charge is 2.33. The zero-order valence-electron chi connectivity index (χ0n) is 7.07. The second kappa shape index (κ2) is 3.25. The van der Waals surface area contributed by atoms with Gasteiger partial charge in [0, 0.05) is 5.57 Å². The molecule has 0 aliphatic carbocycles. The molecular weight excluding hydrogens is 160 g/mol. The first kappa shape index (κ1) is 9.22. The van der Waals surface area contributed by atoms with Gasteiger partial charge in [-0.05, 0) is 13.3 Å². The number of cyclic esters (lactones) is 1. The highest BCUT2D eigenvalue weighted by molar-refractivity contribution is 5.92. The lowest BCUT2D eigenvalue weighted by Gasteiger charge is -2.05. The molecule has 4 nitrogen and oxygen atoms in total. The summed E-state index contributed by atoms with van der Waals surface area (Å²) >= 11 is 0. The van der Waals surface area contributed by atoms with Gasteiger partial charge in [0.2, 0.25) is 6.29 Å². The lowest BCUT2D eigenvalue weighted by molar-refractivity contribution is -0.152. The van der Waals surface area contributed by atoms with Crippen LogP contribution >= 0.6 is 0 Å². The molecular formula is C8H12O4. The summed E-state index contributed by atoms with van der Waals surface area (Å²) in [5.41, 5.74) is 0.611. The van der Waals surface area contributed by atoms with Crippen LogP contribution in [0.3, 0.4) is 0 Å². The van der Waals surface area contributed by atoms with Gasteiger partial charge in [-0.2, -0.15) is 0 Å². The maximum Gasteiger partial charge on any atom is 0.339 e. The van der Waals surface area contributed by atoms with Gasteiger partial charge in [0.15, 0.2) is 0 Å². The standard InChI is InChI=1S/C8H12O4/c1-3-5(9)6-4(2)7(10)12-8(6)11/h5,7,9-10H,3H2,1-2H3/t5-,7?/m0/s1. The normalized spacial score (nSPS) is 26.0. The first-order valence-corrected chi connectivity index (χ1v) is 3.85. The molecule has 0 amide bonds. The van der Waals surface area contributed by atoms with Crippen molar-refractivity contribution >= 4 is 5.97 Å². The molecule has 1 aliphatic rings. The number of carbonyl (C=O) groups excluding carboxylic acids is 1. The SMILES string of the molecule is CC[C@H](O)C1=C(C)C(O)OC1=O. The zero-order chi connectivity index (χ0) is 9.30. The fourth-order valence-electron chi connectivity index (χ4n) is 1.15. The average Bonchev–Trinajstić information content (AvgIpc) is 2.26. The van der Waals surface area contributed by atoms with Gasteiger partial charge in [-0.15, -0.1) is 0 Å². The molecule has 1 heterocycles. The van der Waals surface area contributed by atoms with Crippen LogP contribution < -0.4 is 0 Å². The second-order valence-corrected chi connectivity index (χ2v) is 2.78. The highest BCUT2D eigenvalue weighted by Crippen LogP contribution is 2.24. The number of carbonyl (C=O) groups is 1. The van der Waals surface area contributed by atoms with E-state index in [9.17, 15) is 9.90 Å². The summed E-state index contributed by atoms with van der Waals surface area (Å²) in [5, 5.41) is 18.4. The molecule has 68 valence electrons. The molecule has 0 radical (unpaired) electrons. The summed E-state index contributed by atoms with van der Waals surface area (Å²) in [5.74, 6) is -0.616. The van der Waals surface area contributed by atoms with Crippen LogP contribution in [0, 0.1) is 0 Å². The fraction of sp³-hybridized carbons (Fsp3) is 0.625. The Balaban J connectivity index is 2.92. The van der Waals surface area contributed by atoms with Crippen LogP contribution in [0.1, 0.15) is 20.3 Å². The average molecular weight is 172 g/mol. The van der Waals surface area contributed by atoms with Gasteiger partial charge in [0.25, 0.3) is 0 Å². The van der Waals surface area contributed by atoms with Crippen LogP contribution in [-0.2, 0) is 9.53 Å². The number of ether oxygens (including phenoxy) is 1. The molecule has 2 N–H and O–H groups in total. The van der Waals surface area contributed by atoms with E-state index in [1.165, 1.54) is 0 Å². The van der Waals surface area contributed by atoms with Crippen molar-refractivity contribution in [2.75, 3.05) is 0 Å². The Bertz CT molecular complexity index is 231. The molecule has 0 aromatic heterocycles. The predicted octanol–water partition coefficient (Wildman–Crippen LogP) is -0.0510. The summed E-state index contributed by atoms with van der Waals surface area (Å²) in [7, 11) is 0. The zero-order valence-corrected chi connectivity index (χ0v) is 7.07. The maximum absolute atomic E-state index is 11.0. The third kappa shape index (κ3) is 1.35. The summed E-state index contributed by atoms with van der Waals surface area (Å²) < 4.78 is 4.49. The molecule has 2 atom stereocenters. The van der Waals surface area contributed by atoms with Crippen molar-refractivity contribution in [3.05, 3.63) is 11.1 Å². The van der Waals surface area contributed by atoms with E-state index in [0.29, 0.717) is 12.0 Å². The third-order valence-corrected chi connectivity index (χ3v) is 1.95. The Labute approximate surface area is 70.5 Å². The van der Waals surface area contributed by atoms with E-state index in [0.717, 1.165) is 0 Å². The van der Waals surface area contributed by atoms with Crippen LogP contribution in [0.2, 0.25) is 0 Å². The molecule has 1 aliphatic heterocycles. The Morgan fingerprint density at radius 2 is 2.25 bits per heavy atom. The minimum atomic E-state index is -1.17. The number of hydrogen-bond donors (Lipinski definition) is 2. The number of rotatable bonds is 2. The summed E-state index contributed by atoms with van der Waals surface area (Å²) in [6.07, 6.45) is -1.56. The van der Waals surface area contributed by atoms with E-state index in [1.54, 1.807) is 13.8 Å². The number of hydrogen-bond acceptors (Lipinski definition) is 4. The van der Waals surface area contributed by atoms with Crippen molar-refractivity contribution in [2.24, 2.45) is 0 Å². The van der Waals surface area contributed by atoms with Crippen molar-refractivity contribution in [3.8, 4) is 0 Å². The van der Waals surface area contributed by atoms with Crippen molar-refractivity contribution in [3.63, 3.8) is 0 Å². The van der Waals surface area contributed by atoms with E-state index in [-0.39, 0.29) is 5.57 Å². The topological polar surface area (TPSA) is 66.8 Å². The van der Waals surface area contributed by atoms with Crippen LogP contribution in [0.4, 0.5) is 0 Å². The molecule has 0 saturated carbocycles. The van der Waals surface area contributed by atoms with Gasteiger partial charge in [-0.25, -0.2) is 4.79 Å². The Morgan fingerprint density at radius 1 is 1.67 bits per heavy atom. The van der Waals surface area contributed by atoms with E-state index < -0.39 is 18.4 Å². The second-order valence-electron chi connectivity index (χ2n) is 2.78. The minimum Gasteiger partial charge on any atom is -0.428 e. The monoisotopic (exact) mass is 172 g/mol. The van der Waals surface area contributed by atoms with Gasteiger partial charge in [0.05, 0.1) is 11.7 Å². The van der Waals surface area contributed by atoms with Gasteiger partial charge in [0.1, 0.15) is 0 Å². The van der Waals surface area contributed by atoms with Crippen molar-refractivity contribution in [1.29, 1.82) is 0 Å². The molecule has 0 fully saturated rings. The Morgan fingerprint density at radius 3 is 2.58 bits per heavy atom. The van der Waals surface area contributed by atoms with Crippen LogP contribution in [0.15, 0.2) is 11.1 Å². The molecule has 0 saturated heterocycles. The molecule has 0 spiro atoms. The summed E-state index contributed by atoms with van der Waals surface area (Å²) in [6, 6.07) is 0. The van der Waals surface area contributed by atoms with Crippen molar-refractivity contribution in [1.82, 2.24) is 0 Å². The largest absolute Gasteiger partial charge is 0.428 e. The van der Waals surface area contributed by atoms with E-state index in [2.05, 4.69) is 4.74 Å². The van der Waals surface area contributed by atoms with Gasteiger partial charge >= 0.3 is 5.97 Å². The van der Waals surface area contributed by atoms with Crippen LogP contribution in [-0.4, -0.2) is 28.6 Å². The van der Waals surface area contributed by atoms with Crippen LogP contribution in [0.5, 0.6) is 0 Å². The number of aliphatic hydroxyl groups excluding tert-OH is 2. The molecule has 0 aromatic carbocycles. The minimum absolute atomic E-state index is 0.199. The molecule has 4 heteroatoms. The highest BCUT2D eigenvalue weighted by atomic mass is 16.6. The van der Waals surface area contributed by atoms with E-state index in [1.807, 2.05) is 0 Å². The van der Waals surface area contributed by atoms with E-state index >= 15 is 0 Å².